The highest BCUT2D eigenvalue weighted by Gasteiger charge is 2.15. The van der Waals surface area contributed by atoms with E-state index in [0.717, 1.165) is 23.1 Å². The van der Waals surface area contributed by atoms with Crippen LogP contribution in [0, 0.1) is 12.7 Å². The molecule has 1 aromatic heterocycles. The van der Waals surface area contributed by atoms with Gasteiger partial charge in [-0.25, -0.2) is 4.39 Å². The zero-order valence-electron chi connectivity index (χ0n) is 9.25. The van der Waals surface area contributed by atoms with Gasteiger partial charge in [-0.3, -0.25) is 0 Å². The first-order chi connectivity index (χ1) is 7.63. The van der Waals surface area contributed by atoms with Gasteiger partial charge in [0.2, 0.25) is 5.88 Å². The second kappa shape index (κ2) is 3.96. The number of aryl methyl sites for hydroxylation is 1. The van der Waals surface area contributed by atoms with E-state index in [1.165, 1.54) is 12.1 Å². The molecule has 0 aliphatic carbocycles. The summed E-state index contributed by atoms with van der Waals surface area (Å²) in [6, 6.07) is 4.58. The van der Waals surface area contributed by atoms with Crippen molar-refractivity contribution in [1.82, 2.24) is 5.16 Å². The number of nitrogen functional groups attached to an aromatic ring is 1. The Bertz CT molecular complexity index is 520. The van der Waals surface area contributed by atoms with Crippen molar-refractivity contribution in [2.24, 2.45) is 0 Å². The molecule has 2 N–H and O–H groups in total. The van der Waals surface area contributed by atoms with Gasteiger partial charge in [-0.1, -0.05) is 12.1 Å². The lowest BCUT2D eigenvalue weighted by atomic mass is 10.0. The molecule has 16 heavy (non-hydrogen) atoms. The fraction of sp³-hybridized carbons (Fsp3) is 0.250. The molecule has 1 aromatic carbocycles. The number of nitrogens with two attached hydrogens (primary N) is 1. The van der Waals surface area contributed by atoms with E-state index in [9.17, 15) is 4.39 Å². The van der Waals surface area contributed by atoms with E-state index in [4.69, 9.17) is 10.3 Å². The fourth-order valence-corrected chi connectivity index (χ4v) is 1.77. The van der Waals surface area contributed by atoms with Gasteiger partial charge in [0, 0.05) is 11.1 Å². The molecule has 2 rings (SSSR count). The highest BCUT2D eigenvalue weighted by molar-refractivity contribution is 5.69. The minimum atomic E-state index is -0.254. The number of halogens is 1. The Kier molecular flexibility index (Phi) is 2.64. The molecule has 0 saturated heterocycles. The molecule has 1 heterocycles. The van der Waals surface area contributed by atoms with E-state index in [-0.39, 0.29) is 5.82 Å². The molecule has 0 spiro atoms. The first-order valence-corrected chi connectivity index (χ1v) is 5.14. The van der Waals surface area contributed by atoms with Gasteiger partial charge in [0.1, 0.15) is 11.5 Å². The minimum absolute atomic E-state index is 0.254. The van der Waals surface area contributed by atoms with Crippen LogP contribution in [-0.4, -0.2) is 5.16 Å². The second-order valence-corrected chi connectivity index (χ2v) is 3.69. The zero-order valence-corrected chi connectivity index (χ0v) is 9.25. The van der Waals surface area contributed by atoms with Gasteiger partial charge < -0.3 is 10.3 Å². The molecular weight excluding hydrogens is 207 g/mol. The van der Waals surface area contributed by atoms with Crippen molar-refractivity contribution >= 4 is 5.88 Å². The molecule has 0 radical (unpaired) electrons. The summed E-state index contributed by atoms with van der Waals surface area (Å²) in [5, 5.41) is 3.92. The van der Waals surface area contributed by atoms with Crippen LogP contribution in [-0.2, 0) is 6.42 Å². The summed E-state index contributed by atoms with van der Waals surface area (Å²) in [4.78, 5) is 0. The SMILES string of the molecule is CCc1c(-c2ccc(F)cc2C)noc1N. The van der Waals surface area contributed by atoms with Gasteiger partial charge in [0.15, 0.2) is 0 Å². The number of benzene rings is 1. The maximum atomic E-state index is 13.0. The van der Waals surface area contributed by atoms with Crippen LogP contribution in [0.1, 0.15) is 18.1 Å². The van der Waals surface area contributed by atoms with Crippen molar-refractivity contribution in [3.05, 3.63) is 35.1 Å². The largest absolute Gasteiger partial charge is 0.367 e. The lowest BCUT2D eigenvalue weighted by molar-refractivity contribution is 0.438. The quantitative estimate of drug-likeness (QED) is 0.846. The molecule has 4 heteroatoms. The molecule has 0 aliphatic rings. The number of hydrogen-bond donors (Lipinski definition) is 1. The van der Waals surface area contributed by atoms with Crippen LogP contribution in [0.4, 0.5) is 10.3 Å². The summed E-state index contributed by atoms with van der Waals surface area (Å²) in [7, 11) is 0. The van der Waals surface area contributed by atoms with Gasteiger partial charge in [0.05, 0.1) is 0 Å². The molecule has 0 aliphatic heterocycles. The van der Waals surface area contributed by atoms with E-state index in [0.29, 0.717) is 11.6 Å². The summed E-state index contributed by atoms with van der Waals surface area (Å²) >= 11 is 0. The molecule has 3 nitrogen and oxygen atoms in total. The monoisotopic (exact) mass is 220 g/mol. The highest BCUT2D eigenvalue weighted by atomic mass is 19.1. The lowest BCUT2D eigenvalue weighted by Gasteiger charge is -2.03. The van der Waals surface area contributed by atoms with Crippen LogP contribution < -0.4 is 5.73 Å². The topological polar surface area (TPSA) is 52.0 Å². The van der Waals surface area contributed by atoms with Crippen LogP contribution >= 0.6 is 0 Å². The number of rotatable bonds is 2. The third kappa shape index (κ3) is 1.66. The fourth-order valence-electron chi connectivity index (χ4n) is 1.77. The summed E-state index contributed by atoms with van der Waals surface area (Å²) in [6.07, 6.45) is 0.738. The molecule has 2 aromatic rings. The average Bonchev–Trinajstić information content (AvgIpc) is 2.59. The van der Waals surface area contributed by atoms with Crippen molar-refractivity contribution in [3.63, 3.8) is 0 Å². The van der Waals surface area contributed by atoms with Crippen molar-refractivity contribution in [2.75, 3.05) is 5.73 Å². The Morgan fingerprint density at radius 2 is 2.19 bits per heavy atom. The maximum absolute atomic E-state index is 13.0. The summed E-state index contributed by atoms with van der Waals surface area (Å²) in [6.45, 7) is 3.81. The smallest absolute Gasteiger partial charge is 0.225 e. The van der Waals surface area contributed by atoms with Crippen LogP contribution in [0.15, 0.2) is 22.7 Å². The van der Waals surface area contributed by atoms with Gasteiger partial charge in [0.25, 0.3) is 0 Å². The van der Waals surface area contributed by atoms with Crippen LogP contribution in [0.25, 0.3) is 11.3 Å². The Balaban J connectivity index is 2.58. The number of anilines is 1. The molecule has 0 atom stereocenters. The van der Waals surface area contributed by atoms with E-state index in [1.807, 2.05) is 13.8 Å². The minimum Gasteiger partial charge on any atom is -0.367 e. The Morgan fingerprint density at radius 3 is 2.81 bits per heavy atom. The number of hydrogen-bond acceptors (Lipinski definition) is 3. The Hall–Kier alpha value is -1.84. The predicted octanol–water partition coefficient (Wildman–Crippen LogP) is 2.93. The van der Waals surface area contributed by atoms with Gasteiger partial charge in [-0.15, -0.1) is 0 Å². The van der Waals surface area contributed by atoms with E-state index >= 15 is 0 Å². The Labute approximate surface area is 93.1 Å². The highest BCUT2D eigenvalue weighted by Crippen LogP contribution is 2.29. The second-order valence-electron chi connectivity index (χ2n) is 3.69. The molecular formula is C12H13FN2O. The lowest BCUT2D eigenvalue weighted by Crippen LogP contribution is -1.92. The molecule has 0 saturated carbocycles. The van der Waals surface area contributed by atoms with E-state index < -0.39 is 0 Å². The first-order valence-electron chi connectivity index (χ1n) is 5.14. The number of nitrogens with zero attached hydrogens (tertiary/aromatic N) is 1. The van der Waals surface area contributed by atoms with Crippen molar-refractivity contribution in [3.8, 4) is 11.3 Å². The van der Waals surface area contributed by atoms with Gasteiger partial charge in [-0.05, 0) is 37.1 Å². The molecule has 84 valence electrons. The number of aromatic nitrogens is 1. The molecule has 0 amide bonds. The Morgan fingerprint density at radius 1 is 1.44 bits per heavy atom. The normalized spacial score (nSPS) is 10.7. The molecule has 0 bridgehead atoms. The predicted molar refractivity (Wildman–Crippen MR) is 60.4 cm³/mol. The van der Waals surface area contributed by atoms with Crippen LogP contribution in [0.3, 0.4) is 0 Å². The summed E-state index contributed by atoms with van der Waals surface area (Å²) < 4.78 is 17.9. The van der Waals surface area contributed by atoms with Crippen molar-refractivity contribution in [1.29, 1.82) is 0 Å². The zero-order chi connectivity index (χ0) is 11.7. The average molecular weight is 220 g/mol. The molecule has 0 fully saturated rings. The van der Waals surface area contributed by atoms with E-state index in [2.05, 4.69) is 5.16 Å². The summed E-state index contributed by atoms with van der Waals surface area (Å²) in [5.74, 6) is 0.0805. The first kappa shape index (κ1) is 10.7. The van der Waals surface area contributed by atoms with Gasteiger partial charge in [-0.2, -0.15) is 0 Å². The van der Waals surface area contributed by atoms with Crippen molar-refractivity contribution in [2.45, 2.75) is 20.3 Å². The molecule has 0 unspecified atom stereocenters. The standard InChI is InChI=1S/C12H13FN2O/c1-3-9-11(15-16-12(9)14)10-5-4-8(13)6-7(10)2/h4-6H,3,14H2,1-2H3. The van der Waals surface area contributed by atoms with Crippen LogP contribution in [0.5, 0.6) is 0 Å². The van der Waals surface area contributed by atoms with Crippen molar-refractivity contribution < 1.29 is 8.91 Å². The van der Waals surface area contributed by atoms with E-state index in [1.54, 1.807) is 6.07 Å². The van der Waals surface area contributed by atoms with Crippen LogP contribution in [0.2, 0.25) is 0 Å². The third-order valence-corrected chi connectivity index (χ3v) is 2.62. The van der Waals surface area contributed by atoms with Gasteiger partial charge >= 0.3 is 0 Å². The summed E-state index contributed by atoms with van der Waals surface area (Å²) in [5.41, 5.74) is 8.92. The maximum Gasteiger partial charge on any atom is 0.225 e. The third-order valence-electron chi connectivity index (χ3n) is 2.62.